The Morgan fingerprint density at radius 1 is 0.913 bits per heavy atom. The van der Waals surface area contributed by atoms with E-state index in [9.17, 15) is 4.79 Å². The molecule has 0 bridgehead atoms. The van der Waals surface area contributed by atoms with E-state index in [1.54, 1.807) is 0 Å². The molecule has 3 heteroatoms. The van der Waals surface area contributed by atoms with E-state index >= 15 is 0 Å². The Morgan fingerprint density at radius 2 is 1.52 bits per heavy atom. The van der Waals surface area contributed by atoms with Gasteiger partial charge in [0, 0.05) is 6.04 Å². The molecule has 0 atom stereocenters. The van der Waals surface area contributed by atoms with Crippen LogP contribution in [0.3, 0.4) is 0 Å². The van der Waals surface area contributed by atoms with Crippen molar-refractivity contribution in [1.82, 2.24) is 5.32 Å². The lowest BCUT2D eigenvalue weighted by Gasteiger charge is -2.29. The van der Waals surface area contributed by atoms with Gasteiger partial charge in [0.25, 0.3) is 0 Å². The molecule has 23 heavy (non-hydrogen) atoms. The van der Waals surface area contributed by atoms with Gasteiger partial charge in [0.05, 0.1) is 0 Å². The van der Waals surface area contributed by atoms with Gasteiger partial charge in [-0.3, -0.25) is 0 Å². The zero-order valence-electron chi connectivity index (χ0n) is 13.3. The number of hydrogen-bond donors (Lipinski definition) is 1. The summed E-state index contributed by atoms with van der Waals surface area (Å²) in [5.74, 6) is 0.620. The Labute approximate surface area is 137 Å². The number of hydrogen-bond acceptors (Lipinski definition) is 2. The van der Waals surface area contributed by atoms with Crippen molar-refractivity contribution in [2.24, 2.45) is 0 Å². The molecular formula is C20H23NO2. The molecule has 0 heterocycles. The smallest absolute Gasteiger partial charge is 0.407 e. The molecule has 120 valence electrons. The Bertz CT molecular complexity index is 604. The summed E-state index contributed by atoms with van der Waals surface area (Å²) < 4.78 is 5.29. The van der Waals surface area contributed by atoms with Crippen LogP contribution >= 0.6 is 0 Å². The van der Waals surface area contributed by atoms with Gasteiger partial charge >= 0.3 is 6.09 Å². The third kappa shape index (κ3) is 4.59. The first kappa shape index (κ1) is 15.6. The number of amides is 1. The first-order valence-corrected chi connectivity index (χ1v) is 8.33. The first-order valence-electron chi connectivity index (χ1n) is 8.33. The second kappa shape index (κ2) is 7.82. The van der Waals surface area contributed by atoms with Gasteiger partial charge < -0.3 is 10.1 Å². The molecule has 3 nitrogen and oxygen atoms in total. The van der Waals surface area contributed by atoms with E-state index in [2.05, 4.69) is 35.6 Å². The molecule has 1 amide bonds. The lowest BCUT2D eigenvalue weighted by molar-refractivity contribution is 0.132. The van der Waals surface area contributed by atoms with Gasteiger partial charge in [0.2, 0.25) is 0 Å². The minimum Gasteiger partial charge on any atom is -0.445 e. The van der Waals surface area contributed by atoms with E-state index in [1.165, 1.54) is 5.56 Å². The monoisotopic (exact) mass is 309 g/mol. The van der Waals surface area contributed by atoms with Crippen LogP contribution in [0.25, 0.3) is 0 Å². The predicted molar refractivity (Wildman–Crippen MR) is 91.2 cm³/mol. The minimum absolute atomic E-state index is 0.234. The van der Waals surface area contributed by atoms with E-state index in [4.69, 9.17) is 4.74 Å². The summed E-state index contributed by atoms with van der Waals surface area (Å²) in [5, 5.41) is 3.00. The lowest BCUT2D eigenvalue weighted by atomic mass is 9.82. The highest BCUT2D eigenvalue weighted by atomic mass is 16.5. The number of ether oxygens (including phenoxy) is 1. The van der Waals surface area contributed by atoms with Crippen molar-refractivity contribution in [3.8, 4) is 0 Å². The summed E-state index contributed by atoms with van der Waals surface area (Å²) >= 11 is 0. The molecule has 1 aliphatic rings. The zero-order valence-corrected chi connectivity index (χ0v) is 13.3. The Morgan fingerprint density at radius 3 is 2.17 bits per heavy atom. The number of carbonyl (C=O) groups excluding carboxylic acids is 1. The van der Waals surface area contributed by atoms with E-state index < -0.39 is 0 Å². The average Bonchev–Trinajstić information content (AvgIpc) is 2.62. The van der Waals surface area contributed by atoms with Gasteiger partial charge in [0.1, 0.15) is 6.61 Å². The quantitative estimate of drug-likeness (QED) is 0.893. The van der Waals surface area contributed by atoms with Gasteiger partial charge in [-0.05, 0) is 42.7 Å². The normalized spacial score (nSPS) is 20.7. The van der Waals surface area contributed by atoms with E-state index in [-0.39, 0.29) is 12.1 Å². The van der Waals surface area contributed by atoms with Crippen LogP contribution in [0.4, 0.5) is 4.79 Å². The molecule has 1 aliphatic carbocycles. The second-order valence-electron chi connectivity index (χ2n) is 6.17. The summed E-state index contributed by atoms with van der Waals surface area (Å²) in [5.41, 5.74) is 2.42. The number of benzene rings is 2. The summed E-state index contributed by atoms with van der Waals surface area (Å²) in [4.78, 5) is 11.9. The molecule has 1 saturated carbocycles. The summed E-state index contributed by atoms with van der Waals surface area (Å²) in [6.07, 6.45) is 3.96. The summed E-state index contributed by atoms with van der Waals surface area (Å²) in [6.45, 7) is 0.325. The van der Waals surface area contributed by atoms with Gasteiger partial charge in [-0.25, -0.2) is 4.79 Å². The van der Waals surface area contributed by atoms with Crippen molar-refractivity contribution in [1.29, 1.82) is 0 Å². The second-order valence-corrected chi connectivity index (χ2v) is 6.17. The van der Waals surface area contributed by atoms with E-state index in [0.717, 1.165) is 31.2 Å². The van der Waals surface area contributed by atoms with Crippen molar-refractivity contribution in [2.75, 3.05) is 0 Å². The van der Waals surface area contributed by atoms with Crippen LogP contribution in [0.15, 0.2) is 60.7 Å². The fourth-order valence-electron chi connectivity index (χ4n) is 3.23. The molecule has 0 aliphatic heterocycles. The number of carbonyl (C=O) groups is 1. The molecule has 1 fully saturated rings. The molecule has 0 saturated heterocycles. The maximum atomic E-state index is 11.9. The zero-order chi connectivity index (χ0) is 15.9. The molecule has 3 rings (SSSR count). The molecular weight excluding hydrogens is 286 g/mol. The van der Waals surface area contributed by atoms with Crippen LogP contribution in [0.2, 0.25) is 0 Å². The molecule has 0 spiro atoms. The highest BCUT2D eigenvalue weighted by molar-refractivity contribution is 5.67. The number of alkyl carbamates (subject to hydrolysis) is 1. The van der Waals surface area contributed by atoms with Gasteiger partial charge in [-0.15, -0.1) is 0 Å². The van der Waals surface area contributed by atoms with Crippen molar-refractivity contribution >= 4 is 6.09 Å². The van der Waals surface area contributed by atoms with Crippen molar-refractivity contribution < 1.29 is 9.53 Å². The van der Waals surface area contributed by atoms with Crippen LogP contribution in [0.5, 0.6) is 0 Å². The lowest BCUT2D eigenvalue weighted by Crippen LogP contribution is -2.37. The third-order valence-corrected chi connectivity index (χ3v) is 4.53. The van der Waals surface area contributed by atoms with Gasteiger partial charge in [-0.1, -0.05) is 60.7 Å². The molecule has 0 radical (unpaired) electrons. The maximum absolute atomic E-state index is 11.9. The standard InChI is InChI=1S/C20H23NO2/c22-20(23-15-16-7-3-1-4-8-16)21-19-13-11-18(12-14-19)17-9-5-2-6-10-17/h1-10,18-19H,11-15H2,(H,21,22). The Kier molecular flexibility index (Phi) is 5.30. The van der Waals surface area contributed by atoms with Crippen LogP contribution in [-0.2, 0) is 11.3 Å². The topological polar surface area (TPSA) is 38.3 Å². The minimum atomic E-state index is -0.308. The van der Waals surface area contributed by atoms with Crippen LogP contribution in [-0.4, -0.2) is 12.1 Å². The number of rotatable bonds is 4. The van der Waals surface area contributed by atoms with Crippen LogP contribution in [0, 0.1) is 0 Å². The molecule has 1 N–H and O–H groups in total. The highest BCUT2D eigenvalue weighted by Gasteiger charge is 2.23. The third-order valence-electron chi connectivity index (χ3n) is 4.53. The first-order chi connectivity index (χ1) is 11.3. The Balaban J connectivity index is 1.41. The van der Waals surface area contributed by atoms with E-state index in [1.807, 2.05) is 30.3 Å². The Hall–Kier alpha value is -2.29. The molecule has 0 aromatic heterocycles. The highest BCUT2D eigenvalue weighted by Crippen LogP contribution is 2.32. The van der Waals surface area contributed by atoms with Gasteiger partial charge in [0.15, 0.2) is 0 Å². The van der Waals surface area contributed by atoms with Crippen LogP contribution in [0.1, 0.15) is 42.7 Å². The SMILES string of the molecule is O=C(NC1CCC(c2ccccc2)CC1)OCc1ccccc1. The average molecular weight is 309 g/mol. The summed E-state index contributed by atoms with van der Waals surface area (Å²) in [6, 6.07) is 20.6. The fourth-order valence-corrected chi connectivity index (χ4v) is 3.23. The van der Waals surface area contributed by atoms with Crippen molar-refractivity contribution in [2.45, 2.75) is 44.2 Å². The summed E-state index contributed by atoms with van der Waals surface area (Å²) in [7, 11) is 0. The van der Waals surface area contributed by atoms with E-state index in [0.29, 0.717) is 12.5 Å². The number of nitrogens with one attached hydrogen (secondary N) is 1. The fraction of sp³-hybridized carbons (Fsp3) is 0.350. The van der Waals surface area contributed by atoms with Gasteiger partial charge in [-0.2, -0.15) is 0 Å². The predicted octanol–water partition coefficient (Wildman–Crippen LogP) is 4.64. The maximum Gasteiger partial charge on any atom is 0.407 e. The molecule has 0 unspecified atom stereocenters. The van der Waals surface area contributed by atoms with Crippen molar-refractivity contribution in [3.05, 3.63) is 71.8 Å². The van der Waals surface area contributed by atoms with Crippen LogP contribution < -0.4 is 5.32 Å². The largest absolute Gasteiger partial charge is 0.445 e. The molecule has 2 aromatic rings. The van der Waals surface area contributed by atoms with Crippen molar-refractivity contribution in [3.63, 3.8) is 0 Å². The molecule has 2 aromatic carbocycles.